The van der Waals surface area contributed by atoms with Gasteiger partial charge >= 0.3 is 0 Å². The van der Waals surface area contributed by atoms with E-state index in [1.807, 2.05) is 0 Å². The van der Waals surface area contributed by atoms with Gasteiger partial charge in [-0.05, 0) is 24.5 Å². The Balaban J connectivity index is 2.16. The predicted molar refractivity (Wildman–Crippen MR) is 62.2 cm³/mol. The first-order chi connectivity index (χ1) is 7.68. The molecule has 0 aliphatic rings. The van der Waals surface area contributed by atoms with Crippen molar-refractivity contribution in [2.45, 2.75) is 20.3 Å². The lowest BCUT2D eigenvalue weighted by atomic mass is 10.1. The van der Waals surface area contributed by atoms with Gasteiger partial charge in [0, 0.05) is 12.7 Å². The van der Waals surface area contributed by atoms with Gasteiger partial charge in [-0.15, -0.1) is 0 Å². The Morgan fingerprint density at radius 1 is 1.56 bits per heavy atom. The largest absolute Gasteiger partial charge is 0.482 e. The molecule has 1 rings (SSSR count). The van der Waals surface area contributed by atoms with E-state index in [4.69, 9.17) is 4.74 Å². The summed E-state index contributed by atoms with van der Waals surface area (Å²) in [6.45, 7) is 4.99. The van der Waals surface area contributed by atoms with E-state index in [1.165, 1.54) is 0 Å². The summed E-state index contributed by atoms with van der Waals surface area (Å²) >= 11 is 0. The van der Waals surface area contributed by atoms with E-state index in [1.54, 1.807) is 24.5 Å². The van der Waals surface area contributed by atoms with Crippen LogP contribution in [0.3, 0.4) is 0 Å². The highest BCUT2D eigenvalue weighted by atomic mass is 16.5. The van der Waals surface area contributed by atoms with Crippen LogP contribution >= 0.6 is 0 Å². The van der Waals surface area contributed by atoms with E-state index >= 15 is 0 Å². The summed E-state index contributed by atoms with van der Waals surface area (Å²) in [6.07, 6.45) is 4.23. The number of aromatic nitrogens is 1. The zero-order valence-electron chi connectivity index (χ0n) is 9.77. The van der Waals surface area contributed by atoms with Gasteiger partial charge in [0.1, 0.15) is 5.75 Å². The Morgan fingerprint density at radius 3 is 3.00 bits per heavy atom. The zero-order chi connectivity index (χ0) is 11.8. The zero-order valence-corrected chi connectivity index (χ0v) is 9.77. The number of nitrogens with one attached hydrogen (secondary N) is 1. The molecule has 0 aliphatic carbocycles. The van der Waals surface area contributed by atoms with Gasteiger partial charge in [-0.3, -0.25) is 9.78 Å². The lowest BCUT2D eigenvalue weighted by Crippen LogP contribution is -2.30. The van der Waals surface area contributed by atoms with E-state index in [-0.39, 0.29) is 12.5 Å². The number of carbonyl (C=O) groups excluding carboxylic acids is 1. The number of hydrogen-bond acceptors (Lipinski definition) is 3. The van der Waals surface area contributed by atoms with E-state index in [9.17, 15) is 4.79 Å². The molecule has 0 atom stereocenters. The van der Waals surface area contributed by atoms with Gasteiger partial charge < -0.3 is 10.1 Å². The van der Waals surface area contributed by atoms with Crippen LogP contribution in [0.5, 0.6) is 5.75 Å². The number of nitrogens with zero attached hydrogens (tertiary/aromatic N) is 1. The van der Waals surface area contributed by atoms with Crippen LogP contribution in [0.1, 0.15) is 20.3 Å². The molecule has 0 spiro atoms. The first kappa shape index (κ1) is 12.5. The molecule has 0 radical (unpaired) electrons. The third kappa shape index (κ3) is 5.34. The normalized spacial score (nSPS) is 10.2. The van der Waals surface area contributed by atoms with Crippen molar-refractivity contribution >= 4 is 5.91 Å². The first-order valence-corrected chi connectivity index (χ1v) is 5.48. The molecule has 0 fully saturated rings. The molecule has 0 aliphatic heterocycles. The summed E-state index contributed by atoms with van der Waals surface area (Å²) in [4.78, 5) is 15.2. The van der Waals surface area contributed by atoms with Crippen molar-refractivity contribution in [2.24, 2.45) is 5.92 Å². The maximum Gasteiger partial charge on any atom is 0.257 e. The van der Waals surface area contributed by atoms with Crippen molar-refractivity contribution in [1.82, 2.24) is 10.3 Å². The lowest BCUT2D eigenvalue weighted by molar-refractivity contribution is -0.123. The Labute approximate surface area is 96.0 Å². The van der Waals surface area contributed by atoms with E-state index in [0.717, 1.165) is 6.42 Å². The third-order valence-electron chi connectivity index (χ3n) is 2.05. The Morgan fingerprint density at radius 2 is 2.38 bits per heavy atom. The highest BCUT2D eigenvalue weighted by molar-refractivity contribution is 5.77. The Bertz CT molecular complexity index is 312. The maximum atomic E-state index is 11.3. The smallest absolute Gasteiger partial charge is 0.257 e. The van der Waals surface area contributed by atoms with E-state index in [2.05, 4.69) is 24.1 Å². The molecule has 1 heterocycles. The molecule has 4 nitrogen and oxygen atoms in total. The summed E-state index contributed by atoms with van der Waals surface area (Å²) in [5, 5.41) is 2.80. The average molecular weight is 222 g/mol. The molecule has 0 unspecified atom stereocenters. The Hall–Kier alpha value is -1.58. The minimum absolute atomic E-state index is 0.0454. The predicted octanol–water partition coefficient (Wildman–Crippen LogP) is 1.62. The van der Waals surface area contributed by atoms with Crippen LogP contribution in [-0.2, 0) is 4.79 Å². The topological polar surface area (TPSA) is 51.2 Å². The fourth-order valence-corrected chi connectivity index (χ4v) is 1.13. The van der Waals surface area contributed by atoms with Crippen molar-refractivity contribution < 1.29 is 9.53 Å². The van der Waals surface area contributed by atoms with Crippen LogP contribution in [0.15, 0.2) is 24.5 Å². The molecule has 0 saturated heterocycles. The summed E-state index contributed by atoms with van der Waals surface area (Å²) in [5.74, 6) is 1.12. The highest BCUT2D eigenvalue weighted by Gasteiger charge is 2.02. The molecular weight excluding hydrogens is 204 g/mol. The number of pyridine rings is 1. The maximum absolute atomic E-state index is 11.3. The molecule has 0 bridgehead atoms. The standard InChI is InChI=1S/C12H18N2O2/c1-10(2)5-7-14-12(15)9-16-11-4-3-6-13-8-11/h3-4,6,8,10H,5,7,9H2,1-2H3,(H,14,15). The lowest BCUT2D eigenvalue weighted by Gasteiger charge is -2.08. The molecule has 1 aromatic heterocycles. The van der Waals surface area contributed by atoms with Crippen LogP contribution in [0.2, 0.25) is 0 Å². The summed E-state index contributed by atoms with van der Waals surface area (Å²) in [5.41, 5.74) is 0. The van der Waals surface area contributed by atoms with Crippen LogP contribution in [-0.4, -0.2) is 24.0 Å². The number of amides is 1. The van der Waals surface area contributed by atoms with Crippen molar-refractivity contribution in [1.29, 1.82) is 0 Å². The van der Waals surface area contributed by atoms with Gasteiger partial charge in [0.25, 0.3) is 5.91 Å². The average Bonchev–Trinajstić information content (AvgIpc) is 2.27. The molecule has 1 amide bonds. The summed E-state index contributed by atoms with van der Waals surface area (Å²) < 4.78 is 5.25. The second-order valence-corrected chi connectivity index (χ2v) is 4.01. The van der Waals surface area contributed by atoms with Crippen LogP contribution in [0, 0.1) is 5.92 Å². The number of hydrogen-bond donors (Lipinski definition) is 1. The monoisotopic (exact) mass is 222 g/mol. The fraction of sp³-hybridized carbons (Fsp3) is 0.500. The fourth-order valence-electron chi connectivity index (χ4n) is 1.13. The van der Waals surface area contributed by atoms with Crippen LogP contribution < -0.4 is 10.1 Å². The first-order valence-electron chi connectivity index (χ1n) is 5.48. The van der Waals surface area contributed by atoms with Crippen molar-refractivity contribution in [3.05, 3.63) is 24.5 Å². The van der Waals surface area contributed by atoms with Crippen molar-refractivity contribution in [3.8, 4) is 5.75 Å². The second kappa shape index (κ2) is 6.82. The highest BCUT2D eigenvalue weighted by Crippen LogP contribution is 2.05. The van der Waals surface area contributed by atoms with E-state index in [0.29, 0.717) is 18.2 Å². The van der Waals surface area contributed by atoms with Gasteiger partial charge in [-0.25, -0.2) is 0 Å². The van der Waals surface area contributed by atoms with Crippen molar-refractivity contribution in [2.75, 3.05) is 13.2 Å². The second-order valence-electron chi connectivity index (χ2n) is 4.01. The number of carbonyl (C=O) groups is 1. The third-order valence-corrected chi connectivity index (χ3v) is 2.05. The van der Waals surface area contributed by atoms with Crippen molar-refractivity contribution in [3.63, 3.8) is 0 Å². The quantitative estimate of drug-likeness (QED) is 0.795. The van der Waals surface area contributed by atoms with Crippen LogP contribution in [0.25, 0.3) is 0 Å². The minimum Gasteiger partial charge on any atom is -0.482 e. The van der Waals surface area contributed by atoms with Crippen LogP contribution in [0.4, 0.5) is 0 Å². The molecule has 0 aromatic carbocycles. The number of rotatable bonds is 6. The van der Waals surface area contributed by atoms with E-state index < -0.39 is 0 Å². The Kier molecular flexibility index (Phi) is 5.32. The summed E-state index contributed by atoms with van der Waals surface area (Å²) in [6, 6.07) is 3.54. The molecule has 1 N–H and O–H groups in total. The molecule has 0 saturated carbocycles. The molecule has 16 heavy (non-hydrogen) atoms. The molecular formula is C12H18N2O2. The summed E-state index contributed by atoms with van der Waals surface area (Å²) in [7, 11) is 0. The van der Waals surface area contributed by atoms with Gasteiger partial charge in [-0.1, -0.05) is 13.8 Å². The minimum atomic E-state index is -0.0931. The molecule has 4 heteroatoms. The SMILES string of the molecule is CC(C)CCNC(=O)COc1cccnc1. The molecule has 88 valence electrons. The van der Waals surface area contributed by atoms with Gasteiger partial charge in [0.2, 0.25) is 0 Å². The van der Waals surface area contributed by atoms with Gasteiger partial charge in [0.05, 0.1) is 6.20 Å². The number of ether oxygens (including phenoxy) is 1. The van der Waals surface area contributed by atoms with Gasteiger partial charge in [0.15, 0.2) is 6.61 Å². The van der Waals surface area contributed by atoms with Gasteiger partial charge in [-0.2, -0.15) is 0 Å². The molecule has 1 aromatic rings.